The van der Waals surface area contributed by atoms with Crippen molar-refractivity contribution in [2.24, 2.45) is 29.6 Å². The van der Waals surface area contributed by atoms with Crippen LogP contribution in [0.2, 0.25) is 0 Å². The summed E-state index contributed by atoms with van der Waals surface area (Å²) in [7, 11) is 0. The minimum Gasteiger partial charge on any atom is -0.0625 e. The second kappa shape index (κ2) is 4.89. The number of hydrogen-bond donors (Lipinski definition) is 0. The summed E-state index contributed by atoms with van der Waals surface area (Å²) in [5.41, 5.74) is 0. The van der Waals surface area contributed by atoms with Crippen LogP contribution in [0.4, 0.5) is 0 Å². The lowest BCUT2D eigenvalue weighted by Gasteiger charge is -2.44. The van der Waals surface area contributed by atoms with Crippen LogP contribution in [0.15, 0.2) is 0 Å². The van der Waals surface area contributed by atoms with Gasteiger partial charge in [-0.2, -0.15) is 0 Å². The maximum atomic E-state index is 2.52. The third-order valence-corrected chi connectivity index (χ3v) is 5.06. The monoisotopic (exact) mass is 208 g/mol. The van der Waals surface area contributed by atoms with Gasteiger partial charge in [-0.05, 0) is 42.4 Å². The molecule has 0 N–H and O–H groups in total. The van der Waals surface area contributed by atoms with Crippen LogP contribution in [-0.4, -0.2) is 0 Å². The molecule has 2 unspecified atom stereocenters. The third kappa shape index (κ3) is 2.57. The molecule has 0 aromatic rings. The van der Waals surface area contributed by atoms with Crippen molar-refractivity contribution in [2.75, 3.05) is 0 Å². The average Bonchev–Trinajstić information content (AvgIpc) is 2.17. The van der Waals surface area contributed by atoms with Gasteiger partial charge in [0.15, 0.2) is 0 Å². The van der Waals surface area contributed by atoms with Gasteiger partial charge in [-0.1, -0.05) is 52.9 Å². The molecule has 0 saturated heterocycles. The van der Waals surface area contributed by atoms with Gasteiger partial charge < -0.3 is 0 Å². The molecule has 2 fully saturated rings. The van der Waals surface area contributed by atoms with E-state index in [0.29, 0.717) is 0 Å². The van der Waals surface area contributed by atoms with Crippen LogP contribution in [0.3, 0.4) is 0 Å². The lowest BCUT2D eigenvalue weighted by Crippen LogP contribution is -2.35. The molecule has 0 nitrogen and oxygen atoms in total. The summed E-state index contributed by atoms with van der Waals surface area (Å²) in [4.78, 5) is 0. The molecule has 0 aliphatic heterocycles. The molecule has 15 heavy (non-hydrogen) atoms. The molecule has 0 spiro atoms. The van der Waals surface area contributed by atoms with Crippen molar-refractivity contribution in [3.05, 3.63) is 0 Å². The molecule has 0 heteroatoms. The van der Waals surface area contributed by atoms with E-state index in [0.717, 1.165) is 29.6 Å². The molecular formula is C15H28. The van der Waals surface area contributed by atoms with Crippen molar-refractivity contribution in [3.63, 3.8) is 0 Å². The summed E-state index contributed by atoms with van der Waals surface area (Å²) >= 11 is 0. The minimum absolute atomic E-state index is 0.981. The Hall–Kier alpha value is 0. The van der Waals surface area contributed by atoms with Crippen LogP contribution in [-0.2, 0) is 0 Å². The highest BCUT2D eigenvalue weighted by molar-refractivity contribution is 4.86. The lowest BCUT2D eigenvalue weighted by atomic mass is 9.62. The average molecular weight is 208 g/mol. The highest BCUT2D eigenvalue weighted by Crippen LogP contribution is 2.45. The van der Waals surface area contributed by atoms with E-state index in [2.05, 4.69) is 20.8 Å². The molecular weight excluding hydrogens is 180 g/mol. The second-order valence-electron chi connectivity index (χ2n) is 6.51. The predicted molar refractivity (Wildman–Crippen MR) is 66.8 cm³/mol. The molecule has 0 amide bonds. The van der Waals surface area contributed by atoms with E-state index in [9.17, 15) is 0 Å². The standard InChI is InChI=1S/C15H28/c1-11-9-12(2)15(13(3)10-11)14-7-5-4-6-8-14/h11-15H,4-10H2,1-3H3. The van der Waals surface area contributed by atoms with Gasteiger partial charge in [0, 0.05) is 0 Å². The zero-order chi connectivity index (χ0) is 10.8. The molecule has 88 valence electrons. The van der Waals surface area contributed by atoms with Crippen molar-refractivity contribution < 1.29 is 0 Å². The van der Waals surface area contributed by atoms with Gasteiger partial charge in [-0.25, -0.2) is 0 Å². The molecule has 0 radical (unpaired) electrons. The van der Waals surface area contributed by atoms with Crippen molar-refractivity contribution in [1.29, 1.82) is 0 Å². The largest absolute Gasteiger partial charge is 0.0625 e. The molecule has 0 aromatic carbocycles. The Morgan fingerprint density at radius 2 is 1.27 bits per heavy atom. The maximum absolute atomic E-state index is 2.52. The number of rotatable bonds is 1. The molecule has 2 saturated carbocycles. The molecule has 2 rings (SSSR count). The Morgan fingerprint density at radius 1 is 0.733 bits per heavy atom. The van der Waals surface area contributed by atoms with E-state index in [1.54, 1.807) is 0 Å². The lowest BCUT2D eigenvalue weighted by molar-refractivity contribution is 0.0627. The first-order valence-corrected chi connectivity index (χ1v) is 7.18. The van der Waals surface area contributed by atoms with Crippen LogP contribution < -0.4 is 0 Å². The van der Waals surface area contributed by atoms with Gasteiger partial charge in [-0.15, -0.1) is 0 Å². The van der Waals surface area contributed by atoms with E-state index in [-0.39, 0.29) is 0 Å². The Kier molecular flexibility index (Phi) is 3.74. The highest BCUT2D eigenvalue weighted by atomic mass is 14.4. The Balaban J connectivity index is 1.99. The highest BCUT2D eigenvalue weighted by Gasteiger charge is 2.36. The van der Waals surface area contributed by atoms with Crippen molar-refractivity contribution in [2.45, 2.75) is 65.7 Å². The van der Waals surface area contributed by atoms with Crippen LogP contribution in [0.1, 0.15) is 65.7 Å². The van der Waals surface area contributed by atoms with Crippen LogP contribution in [0, 0.1) is 29.6 Å². The molecule has 2 aliphatic carbocycles. The first-order valence-electron chi connectivity index (χ1n) is 7.18. The van der Waals surface area contributed by atoms with Crippen molar-refractivity contribution in [3.8, 4) is 0 Å². The summed E-state index contributed by atoms with van der Waals surface area (Å²) < 4.78 is 0. The Bertz CT molecular complexity index is 178. The summed E-state index contributed by atoms with van der Waals surface area (Å²) in [5, 5.41) is 0. The van der Waals surface area contributed by atoms with E-state index >= 15 is 0 Å². The van der Waals surface area contributed by atoms with Crippen LogP contribution >= 0.6 is 0 Å². The summed E-state index contributed by atoms with van der Waals surface area (Å²) in [6.45, 7) is 7.49. The predicted octanol–water partition coefficient (Wildman–Crippen LogP) is 4.89. The molecule has 2 aliphatic rings. The fourth-order valence-corrected chi connectivity index (χ4v) is 4.69. The smallest absolute Gasteiger partial charge is 0.0334 e. The molecule has 0 aromatic heterocycles. The first kappa shape index (κ1) is 11.5. The minimum atomic E-state index is 0.981. The van der Waals surface area contributed by atoms with Gasteiger partial charge in [0.1, 0.15) is 0 Å². The van der Waals surface area contributed by atoms with E-state index in [1.807, 2.05) is 0 Å². The molecule has 2 atom stereocenters. The van der Waals surface area contributed by atoms with Gasteiger partial charge in [-0.3, -0.25) is 0 Å². The molecule has 0 bridgehead atoms. The fourth-order valence-electron chi connectivity index (χ4n) is 4.69. The van der Waals surface area contributed by atoms with E-state index in [4.69, 9.17) is 0 Å². The summed E-state index contributed by atoms with van der Waals surface area (Å²) in [6, 6.07) is 0. The normalized spacial score (nSPS) is 44.2. The summed E-state index contributed by atoms with van der Waals surface area (Å²) in [6.07, 6.45) is 10.6. The van der Waals surface area contributed by atoms with Crippen LogP contribution in [0.25, 0.3) is 0 Å². The van der Waals surface area contributed by atoms with E-state index in [1.165, 1.54) is 44.9 Å². The van der Waals surface area contributed by atoms with E-state index < -0.39 is 0 Å². The van der Waals surface area contributed by atoms with Gasteiger partial charge >= 0.3 is 0 Å². The second-order valence-corrected chi connectivity index (χ2v) is 6.51. The van der Waals surface area contributed by atoms with Gasteiger partial charge in [0.05, 0.1) is 0 Å². The Morgan fingerprint density at radius 3 is 1.80 bits per heavy atom. The molecule has 0 heterocycles. The van der Waals surface area contributed by atoms with Crippen molar-refractivity contribution >= 4 is 0 Å². The third-order valence-electron chi connectivity index (χ3n) is 5.06. The number of hydrogen-bond acceptors (Lipinski definition) is 0. The fraction of sp³-hybridized carbons (Fsp3) is 1.00. The first-order chi connectivity index (χ1) is 7.18. The van der Waals surface area contributed by atoms with Crippen molar-refractivity contribution in [1.82, 2.24) is 0 Å². The topological polar surface area (TPSA) is 0 Å². The van der Waals surface area contributed by atoms with Gasteiger partial charge in [0.25, 0.3) is 0 Å². The quantitative estimate of drug-likeness (QED) is 0.576. The maximum Gasteiger partial charge on any atom is -0.0334 e. The van der Waals surface area contributed by atoms with Crippen LogP contribution in [0.5, 0.6) is 0 Å². The van der Waals surface area contributed by atoms with Gasteiger partial charge in [0.2, 0.25) is 0 Å². The summed E-state index contributed by atoms with van der Waals surface area (Å²) in [5.74, 6) is 5.10. The zero-order valence-corrected chi connectivity index (χ0v) is 10.8. The SMILES string of the molecule is CC1CC(C)C(C2CCCCC2)C(C)C1. The Labute approximate surface area is 95.8 Å². The zero-order valence-electron chi connectivity index (χ0n) is 10.8.